The van der Waals surface area contributed by atoms with Crippen LogP contribution in [0.4, 0.5) is 0 Å². The number of aliphatic hydroxyl groups is 1. The van der Waals surface area contributed by atoms with Crippen LogP contribution in [0.1, 0.15) is 28.4 Å². The summed E-state index contributed by atoms with van der Waals surface area (Å²) in [7, 11) is 1.46. The van der Waals surface area contributed by atoms with Gasteiger partial charge in [0.2, 0.25) is 0 Å². The molecule has 30 heavy (non-hydrogen) atoms. The minimum Gasteiger partial charge on any atom is -0.507 e. The molecule has 2 aromatic carbocycles. The largest absolute Gasteiger partial charge is 0.507 e. The van der Waals surface area contributed by atoms with E-state index in [0.717, 1.165) is 4.57 Å². The molecule has 1 unspecified atom stereocenters. The van der Waals surface area contributed by atoms with Crippen molar-refractivity contribution >= 4 is 16.8 Å². The summed E-state index contributed by atoms with van der Waals surface area (Å²) in [6, 6.07) is 11.2. The molecule has 3 rings (SSSR count). The minimum atomic E-state index is -0.898. The third-order valence-electron chi connectivity index (χ3n) is 4.99. The Bertz CT molecular complexity index is 1200. The van der Waals surface area contributed by atoms with Gasteiger partial charge in [-0.25, -0.2) is 4.79 Å². The number of aryl methyl sites for hydroxylation is 1. The molecule has 0 saturated carbocycles. The molecule has 1 atom stereocenters. The number of phenols is 1. The molecular formula is C21H24N4O5. The number of amides is 1. The molecule has 0 aliphatic heterocycles. The zero-order valence-corrected chi connectivity index (χ0v) is 16.5. The zero-order valence-electron chi connectivity index (χ0n) is 16.5. The maximum Gasteiger partial charge on any atom is 0.331 e. The molecule has 9 nitrogen and oxygen atoms in total. The number of carbonyl (C=O) groups is 1. The molecule has 1 heterocycles. The molecule has 0 aliphatic rings. The Morgan fingerprint density at radius 2 is 1.93 bits per heavy atom. The number of nitrogens with zero attached hydrogens (tertiary/aromatic N) is 2. The first-order valence-corrected chi connectivity index (χ1v) is 9.51. The van der Waals surface area contributed by atoms with E-state index in [4.69, 9.17) is 5.73 Å². The van der Waals surface area contributed by atoms with Gasteiger partial charge in [0.25, 0.3) is 11.5 Å². The Morgan fingerprint density at radius 3 is 2.67 bits per heavy atom. The number of primary amides is 1. The monoisotopic (exact) mass is 412 g/mol. The molecule has 9 heteroatoms. The van der Waals surface area contributed by atoms with Crippen molar-refractivity contribution in [3.8, 4) is 5.75 Å². The molecule has 1 amide bonds. The Kier molecular flexibility index (Phi) is 6.34. The molecule has 0 spiro atoms. The fourth-order valence-corrected chi connectivity index (χ4v) is 3.33. The van der Waals surface area contributed by atoms with Gasteiger partial charge in [-0.1, -0.05) is 18.2 Å². The fraction of sp³-hybridized carbons (Fsp3) is 0.286. The molecule has 0 fully saturated rings. The molecular weight excluding hydrogens is 388 g/mol. The number of nitrogens with two attached hydrogens (primary N) is 1. The number of hydrogen-bond donors (Lipinski definition) is 4. The van der Waals surface area contributed by atoms with Gasteiger partial charge in [0.1, 0.15) is 5.75 Å². The second-order valence-corrected chi connectivity index (χ2v) is 7.03. The standard InChI is InChI=1S/C21H24N4O5/c1-24-20(29)14-5-2-3-6-16(14)25(21(24)30)10-4-9-23-12-18(27)13-7-8-17(26)15(11-13)19(22)28/h2-3,5-8,11,18,23,26-27H,4,9-10,12H2,1H3,(H2,22,28). The third kappa shape index (κ3) is 4.27. The Labute approximate surface area is 172 Å². The van der Waals surface area contributed by atoms with Crippen LogP contribution in [0.25, 0.3) is 10.9 Å². The van der Waals surface area contributed by atoms with Crippen LogP contribution in [-0.2, 0) is 13.6 Å². The van der Waals surface area contributed by atoms with E-state index in [1.165, 1.54) is 25.2 Å². The maximum absolute atomic E-state index is 12.5. The van der Waals surface area contributed by atoms with E-state index >= 15 is 0 Å². The average molecular weight is 412 g/mol. The van der Waals surface area contributed by atoms with Crippen molar-refractivity contribution in [1.29, 1.82) is 0 Å². The molecule has 0 radical (unpaired) electrons. The average Bonchev–Trinajstić information content (AvgIpc) is 2.74. The number of para-hydroxylation sites is 1. The predicted octanol–water partition coefficient (Wildman–Crippen LogP) is 0.218. The first-order chi connectivity index (χ1) is 14.3. The van der Waals surface area contributed by atoms with Gasteiger partial charge in [0.05, 0.1) is 22.6 Å². The molecule has 0 saturated heterocycles. The second-order valence-electron chi connectivity index (χ2n) is 7.03. The third-order valence-corrected chi connectivity index (χ3v) is 4.99. The summed E-state index contributed by atoms with van der Waals surface area (Å²) >= 11 is 0. The molecule has 158 valence electrons. The van der Waals surface area contributed by atoms with Crippen molar-refractivity contribution in [2.45, 2.75) is 19.1 Å². The van der Waals surface area contributed by atoms with Gasteiger partial charge < -0.3 is 21.3 Å². The SMILES string of the molecule is Cn1c(=O)c2ccccc2n(CCCNCC(O)c2ccc(O)c(C(N)=O)c2)c1=O. The highest BCUT2D eigenvalue weighted by Gasteiger charge is 2.14. The lowest BCUT2D eigenvalue weighted by molar-refractivity contribution is 0.0997. The molecule has 0 bridgehead atoms. The number of aliphatic hydroxyl groups excluding tert-OH is 1. The van der Waals surface area contributed by atoms with Gasteiger partial charge in [-0.3, -0.25) is 18.7 Å². The van der Waals surface area contributed by atoms with E-state index in [-0.39, 0.29) is 29.1 Å². The zero-order chi connectivity index (χ0) is 21.8. The second kappa shape index (κ2) is 8.93. The molecule has 1 aromatic heterocycles. The topological polar surface area (TPSA) is 140 Å². The first-order valence-electron chi connectivity index (χ1n) is 9.51. The summed E-state index contributed by atoms with van der Waals surface area (Å²) in [5.74, 6) is -1.01. The highest BCUT2D eigenvalue weighted by molar-refractivity contribution is 5.95. The Balaban J connectivity index is 1.61. The maximum atomic E-state index is 12.5. The van der Waals surface area contributed by atoms with E-state index < -0.39 is 12.0 Å². The van der Waals surface area contributed by atoms with Crippen LogP contribution in [0.5, 0.6) is 5.75 Å². The number of aromatic nitrogens is 2. The predicted molar refractivity (Wildman–Crippen MR) is 113 cm³/mol. The van der Waals surface area contributed by atoms with Crippen LogP contribution in [-0.4, -0.2) is 38.3 Å². The smallest absolute Gasteiger partial charge is 0.331 e. The van der Waals surface area contributed by atoms with Gasteiger partial charge in [0, 0.05) is 20.1 Å². The number of benzene rings is 2. The number of fused-ring (bicyclic) bond motifs is 1. The van der Waals surface area contributed by atoms with Crippen molar-refractivity contribution in [3.63, 3.8) is 0 Å². The van der Waals surface area contributed by atoms with E-state index in [1.54, 1.807) is 28.8 Å². The van der Waals surface area contributed by atoms with Crippen LogP contribution in [0.15, 0.2) is 52.1 Å². The van der Waals surface area contributed by atoms with Crippen LogP contribution < -0.4 is 22.3 Å². The van der Waals surface area contributed by atoms with E-state index in [0.29, 0.717) is 36.0 Å². The number of hydrogen-bond acceptors (Lipinski definition) is 6. The van der Waals surface area contributed by atoms with Crippen molar-refractivity contribution in [2.75, 3.05) is 13.1 Å². The normalized spacial score (nSPS) is 12.2. The summed E-state index contributed by atoms with van der Waals surface area (Å²) in [6.45, 7) is 1.13. The lowest BCUT2D eigenvalue weighted by atomic mass is 10.0. The molecule has 5 N–H and O–H groups in total. The van der Waals surface area contributed by atoms with Crippen LogP contribution in [0.2, 0.25) is 0 Å². The van der Waals surface area contributed by atoms with Crippen molar-refractivity contribution < 1.29 is 15.0 Å². The van der Waals surface area contributed by atoms with Crippen molar-refractivity contribution in [3.05, 3.63) is 74.4 Å². The Morgan fingerprint density at radius 1 is 1.20 bits per heavy atom. The summed E-state index contributed by atoms with van der Waals surface area (Å²) < 4.78 is 2.66. The van der Waals surface area contributed by atoms with Crippen molar-refractivity contribution in [1.82, 2.24) is 14.5 Å². The number of nitrogens with one attached hydrogen (secondary N) is 1. The number of aromatic hydroxyl groups is 1. The van der Waals surface area contributed by atoms with Gasteiger partial charge in [0.15, 0.2) is 0 Å². The summed E-state index contributed by atoms with van der Waals surface area (Å²) in [4.78, 5) is 36.0. The van der Waals surface area contributed by atoms with Gasteiger partial charge >= 0.3 is 5.69 Å². The van der Waals surface area contributed by atoms with Gasteiger partial charge in [-0.2, -0.15) is 0 Å². The molecule has 3 aromatic rings. The number of rotatable bonds is 8. The van der Waals surface area contributed by atoms with Gasteiger partial charge in [-0.05, 0) is 42.8 Å². The Hall–Kier alpha value is -3.43. The minimum absolute atomic E-state index is 0.0486. The van der Waals surface area contributed by atoms with Gasteiger partial charge in [-0.15, -0.1) is 0 Å². The summed E-state index contributed by atoms with van der Waals surface area (Å²) in [5.41, 5.74) is 5.51. The van der Waals surface area contributed by atoms with E-state index in [2.05, 4.69) is 5.32 Å². The van der Waals surface area contributed by atoms with E-state index in [1.807, 2.05) is 0 Å². The highest BCUT2D eigenvalue weighted by atomic mass is 16.3. The van der Waals surface area contributed by atoms with E-state index in [9.17, 15) is 24.6 Å². The first kappa shape index (κ1) is 21.3. The van der Waals surface area contributed by atoms with Crippen molar-refractivity contribution in [2.24, 2.45) is 12.8 Å². The van der Waals surface area contributed by atoms with Crippen LogP contribution in [0.3, 0.4) is 0 Å². The fourth-order valence-electron chi connectivity index (χ4n) is 3.33. The number of carbonyl (C=O) groups excluding carboxylic acids is 1. The lowest BCUT2D eigenvalue weighted by Gasteiger charge is -2.15. The molecule has 0 aliphatic carbocycles. The van der Waals surface area contributed by atoms with Crippen LogP contribution >= 0.6 is 0 Å². The summed E-state index contributed by atoms with van der Waals surface area (Å²) in [6.07, 6.45) is -0.304. The summed E-state index contributed by atoms with van der Waals surface area (Å²) in [5, 5.41) is 23.5. The highest BCUT2D eigenvalue weighted by Crippen LogP contribution is 2.21. The quantitative estimate of drug-likeness (QED) is 0.390. The lowest BCUT2D eigenvalue weighted by Crippen LogP contribution is -2.38. The van der Waals surface area contributed by atoms with Crippen LogP contribution in [0, 0.1) is 0 Å².